The number of anilines is 2. The highest BCUT2D eigenvalue weighted by molar-refractivity contribution is 7.92. The molecule has 190 valence electrons. The second-order valence-corrected chi connectivity index (χ2v) is 10.1. The first-order valence-electron chi connectivity index (χ1n) is 11.1. The van der Waals surface area contributed by atoms with E-state index in [1.54, 1.807) is 42.5 Å². The first kappa shape index (κ1) is 25.4. The number of halogens is 3. The molecule has 0 aromatic heterocycles. The lowest BCUT2D eigenvalue weighted by atomic mass is 10.1. The third-order valence-electron chi connectivity index (χ3n) is 5.56. The molecule has 0 bridgehead atoms. The Labute approximate surface area is 207 Å². The van der Waals surface area contributed by atoms with Crippen LogP contribution in [0, 0.1) is 6.92 Å². The zero-order chi connectivity index (χ0) is 25.9. The zero-order valence-corrected chi connectivity index (χ0v) is 20.1. The maximum Gasteiger partial charge on any atom is 0.573 e. The first-order chi connectivity index (χ1) is 17.0. The standard InChI is InChI=1S/C25H24F3N3O4S/c1-18-9-11-23(12-10-18)36(33,34)29-20-6-3-7-21(16-20)31-14-4-13-30(24(31)32)17-19-5-2-8-22(15-19)35-25(26,27)28/h2-3,5-12,15-16,29H,4,13-14,17H2,1H3. The monoisotopic (exact) mass is 519 g/mol. The van der Waals surface area contributed by atoms with E-state index in [0.29, 0.717) is 36.4 Å². The van der Waals surface area contributed by atoms with E-state index in [1.807, 2.05) is 6.92 Å². The van der Waals surface area contributed by atoms with Gasteiger partial charge in [0.2, 0.25) is 0 Å². The van der Waals surface area contributed by atoms with Crippen molar-refractivity contribution in [3.8, 4) is 5.75 Å². The number of hydrogen-bond donors (Lipinski definition) is 1. The Hall–Kier alpha value is -3.73. The van der Waals surface area contributed by atoms with Crippen LogP contribution in [0.3, 0.4) is 0 Å². The number of aryl methyl sites for hydroxylation is 1. The molecular weight excluding hydrogens is 495 g/mol. The molecular formula is C25H24F3N3O4S. The number of sulfonamides is 1. The number of amides is 2. The number of carbonyl (C=O) groups is 1. The summed E-state index contributed by atoms with van der Waals surface area (Å²) in [4.78, 5) is 16.4. The topological polar surface area (TPSA) is 79.0 Å². The number of alkyl halides is 3. The van der Waals surface area contributed by atoms with E-state index in [4.69, 9.17) is 0 Å². The summed E-state index contributed by atoms with van der Waals surface area (Å²) in [6.07, 6.45) is -4.17. The van der Waals surface area contributed by atoms with Gasteiger partial charge in [0.25, 0.3) is 10.0 Å². The molecule has 0 atom stereocenters. The molecule has 1 saturated heterocycles. The van der Waals surface area contributed by atoms with E-state index >= 15 is 0 Å². The summed E-state index contributed by atoms with van der Waals surface area (Å²) < 4.78 is 69.6. The molecule has 7 nitrogen and oxygen atoms in total. The third kappa shape index (κ3) is 6.28. The number of benzene rings is 3. The van der Waals surface area contributed by atoms with Gasteiger partial charge in [0.15, 0.2) is 0 Å². The SMILES string of the molecule is Cc1ccc(S(=O)(=O)Nc2cccc(N3CCCN(Cc4cccc(OC(F)(F)F)c4)C3=O)c2)cc1. The van der Waals surface area contributed by atoms with Crippen molar-refractivity contribution in [2.75, 3.05) is 22.7 Å². The fourth-order valence-electron chi connectivity index (χ4n) is 3.90. The molecule has 3 aromatic rings. The largest absolute Gasteiger partial charge is 0.573 e. The lowest BCUT2D eigenvalue weighted by Crippen LogP contribution is -2.49. The van der Waals surface area contributed by atoms with E-state index in [2.05, 4.69) is 9.46 Å². The Morgan fingerprint density at radius 3 is 2.42 bits per heavy atom. The minimum atomic E-state index is -4.80. The molecule has 0 unspecified atom stereocenters. The van der Waals surface area contributed by atoms with Crippen LogP contribution in [0.25, 0.3) is 0 Å². The molecule has 0 saturated carbocycles. The third-order valence-corrected chi connectivity index (χ3v) is 6.96. The van der Waals surface area contributed by atoms with Crippen LogP contribution in [0.15, 0.2) is 77.7 Å². The van der Waals surface area contributed by atoms with Crippen LogP contribution in [0.2, 0.25) is 0 Å². The number of urea groups is 1. The molecule has 0 aliphatic carbocycles. The second-order valence-electron chi connectivity index (χ2n) is 8.37. The molecule has 11 heteroatoms. The van der Waals surface area contributed by atoms with Crippen LogP contribution in [-0.2, 0) is 16.6 Å². The van der Waals surface area contributed by atoms with Gasteiger partial charge in [0, 0.05) is 25.3 Å². The van der Waals surface area contributed by atoms with Crippen molar-refractivity contribution in [2.24, 2.45) is 0 Å². The van der Waals surface area contributed by atoms with E-state index in [-0.39, 0.29) is 23.2 Å². The van der Waals surface area contributed by atoms with Crippen molar-refractivity contribution in [1.29, 1.82) is 0 Å². The fourth-order valence-corrected chi connectivity index (χ4v) is 4.95. The van der Waals surface area contributed by atoms with Crippen molar-refractivity contribution in [3.63, 3.8) is 0 Å². The van der Waals surface area contributed by atoms with Gasteiger partial charge in [-0.05, 0) is 61.4 Å². The highest BCUT2D eigenvalue weighted by atomic mass is 32.2. The maximum atomic E-state index is 13.2. The summed E-state index contributed by atoms with van der Waals surface area (Å²) >= 11 is 0. The lowest BCUT2D eigenvalue weighted by Gasteiger charge is -2.36. The Bertz CT molecular complexity index is 1350. The van der Waals surface area contributed by atoms with E-state index in [0.717, 1.165) is 5.56 Å². The van der Waals surface area contributed by atoms with Crippen molar-refractivity contribution < 1.29 is 31.1 Å². The molecule has 3 aromatic carbocycles. The quantitative estimate of drug-likeness (QED) is 0.446. The molecule has 4 rings (SSSR count). The number of ether oxygens (including phenoxy) is 1. The average molecular weight is 520 g/mol. The predicted octanol–water partition coefficient (Wildman–Crippen LogP) is 5.53. The number of rotatable bonds is 7. The molecule has 1 heterocycles. The molecule has 2 amide bonds. The smallest absolute Gasteiger partial charge is 0.406 e. The van der Waals surface area contributed by atoms with Gasteiger partial charge in [-0.25, -0.2) is 13.2 Å². The zero-order valence-electron chi connectivity index (χ0n) is 19.3. The van der Waals surface area contributed by atoms with Crippen LogP contribution >= 0.6 is 0 Å². The minimum Gasteiger partial charge on any atom is -0.406 e. The highest BCUT2D eigenvalue weighted by Gasteiger charge is 2.31. The molecule has 1 aliphatic rings. The number of nitrogens with one attached hydrogen (secondary N) is 1. The Morgan fingerprint density at radius 2 is 1.69 bits per heavy atom. The summed E-state index contributed by atoms with van der Waals surface area (Å²) in [6.45, 7) is 2.81. The average Bonchev–Trinajstić information content (AvgIpc) is 2.80. The molecule has 0 spiro atoms. The normalized spacial score (nSPS) is 14.6. The summed E-state index contributed by atoms with van der Waals surface area (Å²) in [5, 5.41) is 0. The van der Waals surface area contributed by atoms with Crippen molar-refractivity contribution in [2.45, 2.75) is 31.1 Å². The van der Waals surface area contributed by atoms with Crippen molar-refractivity contribution in [3.05, 3.63) is 83.9 Å². The molecule has 0 radical (unpaired) electrons. The Balaban J connectivity index is 1.49. The van der Waals surface area contributed by atoms with Gasteiger partial charge in [0.05, 0.1) is 10.6 Å². The van der Waals surface area contributed by atoms with Crippen molar-refractivity contribution in [1.82, 2.24) is 4.90 Å². The minimum absolute atomic E-state index is 0.101. The van der Waals surface area contributed by atoms with Crippen molar-refractivity contribution >= 4 is 27.4 Å². The Morgan fingerprint density at radius 1 is 0.972 bits per heavy atom. The van der Waals surface area contributed by atoms with Crippen LogP contribution in [0.5, 0.6) is 5.75 Å². The molecule has 1 aliphatic heterocycles. The maximum absolute atomic E-state index is 13.2. The first-order valence-corrected chi connectivity index (χ1v) is 12.6. The van der Waals surface area contributed by atoms with Crippen LogP contribution in [-0.4, -0.2) is 38.8 Å². The summed E-state index contributed by atoms with van der Waals surface area (Å²) in [5.41, 5.74) is 2.23. The van der Waals surface area contributed by atoms with E-state index in [9.17, 15) is 26.4 Å². The molecule has 1 N–H and O–H groups in total. The summed E-state index contributed by atoms with van der Waals surface area (Å²) in [7, 11) is -3.82. The summed E-state index contributed by atoms with van der Waals surface area (Å²) in [6, 6.07) is 18.1. The highest BCUT2D eigenvalue weighted by Crippen LogP contribution is 2.27. The van der Waals surface area contributed by atoms with E-state index in [1.165, 1.54) is 40.1 Å². The van der Waals surface area contributed by atoms with Crippen LogP contribution in [0.4, 0.5) is 29.3 Å². The summed E-state index contributed by atoms with van der Waals surface area (Å²) in [5.74, 6) is -0.352. The molecule has 1 fully saturated rings. The van der Waals surface area contributed by atoms with Gasteiger partial charge >= 0.3 is 12.4 Å². The predicted molar refractivity (Wildman–Crippen MR) is 129 cm³/mol. The van der Waals surface area contributed by atoms with Gasteiger partial charge in [-0.3, -0.25) is 9.62 Å². The number of carbonyl (C=O) groups excluding carboxylic acids is 1. The van der Waals surface area contributed by atoms with Gasteiger partial charge in [-0.15, -0.1) is 13.2 Å². The van der Waals surface area contributed by atoms with Gasteiger partial charge in [0.1, 0.15) is 5.75 Å². The van der Waals surface area contributed by atoms with E-state index < -0.39 is 16.4 Å². The van der Waals surface area contributed by atoms with Gasteiger partial charge in [-0.1, -0.05) is 35.9 Å². The number of nitrogens with zero attached hydrogens (tertiary/aromatic N) is 2. The van der Waals surface area contributed by atoms with Gasteiger partial charge in [-0.2, -0.15) is 0 Å². The fraction of sp³-hybridized carbons (Fsp3) is 0.240. The second kappa shape index (κ2) is 10.1. The van der Waals surface area contributed by atoms with Crippen LogP contribution in [0.1, 0.15) is 17.5 Å². The van der Waals surface area contributed by atoms with Crippen LogP contribution < -0.4 is 14.4 Å². The lowest BCUT2D eigenvalue weighted by molar-refractivity contribution is -0.274. The Kier molecular flexibility index (Phi) is 7.11. The molecule has 36 heavy (non-hydrogen) atoms. The number of hydrogen-bond acceptors (Lipinski definition) is 4. The van der Waals surface area contributed by atoms with Gasteiger partial charge < -0.3 is 9.64 Å².